The van der Waals surface area contributed by atoms with Crippen LogP contribution in [0.3, 0.4) is 0 Å². The molecule has 2 atom stereocenters. The molecule has 94 valence electrons. The zero-order valence-electron chi connectivity index (χ0n) is 10.2. The van der Waals surface area contributed by atoms with E-state index in [4.69, 9.17) is 9.84 Å². The first-order chi connectivity index (χ1) is 7.63. The Bertz CT molecular complexity index is 216. The van der Waals surface area contributed by atoms with Gasteiger partial charge in [0, 0.05) is 12.6 Å². The standard InChI is InChI=1S/C12H23NO3/c1-3-4-9(2)16-8-7-11(12(14)15)13-10-5-6-10/h9-11,13H,3-8H2,1-2H3,(H,14,15). The van der Waals surface area contributed by atoms with E-state index in [-0.39, 0.29) is 6.10 Å². The molecule has 2 unspecified atom stereocenters. The van der Waals surface area contributed by atoms with Crippen LogP contribution < -0.4 is 5.32 Å². The molecule has 0 aromatic heterocycles. The third-order valence-corrected chi connectivity index (χ3v) is 2.82. The fraction of sp³-hybridized carbons (Fsp3) is 0.917. The highest BCUT2D eigenvalue weighted by molar-refractivity contribution is 5.73. The van der Waals surface area contributed by atoms with Crippen LogP contribution in [0.4, 0.5) is 0 Å². The SMILES string of the molecule is CCCC(C)OCCC(NC1CC1)C(=O)O. The van der Waals surface area contributed by atoms with E-state index in [0.717, 1.165) is 25.7 Å². The average Bonchev–Trinajstić information content (AvgIpc) is 3.00. The summed E-state index contributed by atoms with van der Waals surface area (Å²) in [5.74, 6) is -0.765. The second kappa shape index (κ2) is 6.86. The molecule has 4 heteroatoms. The van der Waals surface area contributed by atoms with Crippen molar-refractivity contribution in [2.24, 2.45) is 0 Å². The third kappa shape index (κ3) is 5.47. The summed E-state index contributed by atoms with van der Waals surface area (Å²) in [5, 5.41) is 12.1. The van der Waals surface area contributed by atoms with Gasteiger partial charge in [0.15, 0.2) is 0 Å². The predicted octanol–water partition coefficient (Wildman–Crippen LogP) is 1.79. The number of rotatable bonds is 9. The Morgan fingerprint density at radius 2 is 2.19 bits per heavy atom. The first-order valence-corrected chi connectivity index (χ1v) is 6.24. The van der Waals surface area contributed by atoms with Crippen LogP contribution in [0.5, 0.6) is 0 Å². The van der Waals surface area contributed by atoms with E-state index in [2.05, 4.69) is 12.2 Å². The van der Waals surface area contributed by atoms with Crippen molar-refractivity contribution in [3.63, 3.8) is 0 Å². The van der Waals surface area contributed by atoms with Crippen molar-refractivity contribution in [1.29, 1.82) is 0 Å². The molecule has 0 aliphatic heterocycles. The number of hydrogen-bond donors (Lipinski definition) is 2. The molecule has 0 heterocycles. The lowest BCUT2D eigenvalue weighted by Gasteiger charge is -2.16. The number of ether oxygens (including phenoxy) is 1. The van der Waals surface area contributed by atoms with Gasteiger partial charge >= 0.3 is 5.97 Å². The minimum atomic E-state index is -0.765. The normalized spacial score (nSPS) is 19.4. The number of carboxylic acids is 1. The van der Waals surface area contributed by atoms with Crippen LogP contribution in [0.2, 0.25) is 0 Å². The molecular formula is C12H23NO3. The Kier molecular flexibility index (Phi) is 5.77. The molecule has 1 aliphatic rings. The smallest absolute Gasteiger partial charge is 0.320 e. The predicted molar refractivity (Wildman–Crippen MR) is 62.5 cm³/mol. The molecule has 1 aliphatic carbocycles. The lowest BCUT2D eigenvalue weighted by atomic mass is 10.2. The quantitative estimate of drug-likeness (QED) is 0.633. The summed E-state index contributed by atoms with van der Waals surface area (Å²) < 4.78 is 5.56. The monoisotopic (exact) mass is 229 g/mol. The van der Waals surface area contributed by atoms with Gasteiger partial charge in [-0.1, -0.05) is 13.3 Å². The van der Waals surface area contributed by atoms with Crippen molar-refractivity contribution in [3.8, 4) is 0 Å². The molecule has 0 saturated heterocycles. The largest absolute Gasteiger partial charge is 0.480 e. The Labute approximate surface area is 97.4 Å². The van der Waals surface area contributed by atoms with Gasteiger partial charge in [0.1, 0.15) is 6.04 Å². The Balaban J connectivity index is 2.13. The van der Waals surface area contributed by atoms with Gasteiger partial charge < -0.3 is 15.2 Å². The second-order valence-corrected chi connectivity index (χ2v) is 4.59. The van der Waals surface area contributed by atoms with Gasteiger partial charge in [0.2, 0.25) is 0 Å². The lowest BCUT2D eigenvalue weighted by Crippen LogP contribution is -2.39. The fourth-order valence-electron chi connectivity index (χ4n) is 1.69. The maximum Gasteiger partial charge on any atom is 0.320 e. The van der Waals surface area contributed by atoms with Crippen LogP contribution in [-0.2, 0) is 9.53 Å². The zero-order chi connectivity index (χ0) is 12.0. The molecule has 2 N–H and O–H groups in total. The lowest BCUT2D eigenvalue weighted by molar-refractivity contribution is -0.140. The molecule has 4 nitrogen and oxygen atoms in total. The molecule has 0 bridgehead atoms. The van der Waals surface area contributed by atoms with Gasteiger partial charge in [-0.15, -0.1) is 0 Å². The van der Waals surface area contributed by atoms with E-state index in [1.54, 1.807) is 0 Å². The van der Waals surface area contributed by atoms with Crippen LogP contribution in [0.25, 0.3) is 0 Å². The van der Waals surface area contributed by atoms with E-state index in [0.29, 0.717) is 19.1 Å². The van der Waals surface area contributed by atoms with Crippen molar-refractivity contribution in [2.45, 2.75) is 64.1 Å². The van der Waals surface area contributed by atoms with E-state index in [1.807, 2.05) is 6.92 Å². The highest BCUT2D eigenvalue weighted by atomic mass is 16.5. The maximum atomic E-state index is 10.9. The fourth-order valence-corrected chi connectivity index (χ4v) is 1.69. The molecule has 1 fully saturated rings. The first-order valence-electron chi connectivity index (χ1n) is 6.24. The number of aliphatic carboxylic acids is 1. The molecule has 0 aromatic carbocycles. The van der Waals surface area contributed by atoms with Crippen molar-refractivity contribution >= 4 is 5.97 Å². The van der Waals surface area contributed by atoms with Crippen molar-refractivity contribution in [2.75, 3.05) is 6.61 Å². The van der Waals surface area contributed by atoms with Crippen LogP contribution in [0.1, 0.15) is 46.0 Å². The first kappa shape index (κ1) is 13.5. The minimum Gasteiger partial charge on any atom is -0.480 e. The third-order valence-electron chi connectivity index (χ3n) is 2.82. The van der Waals surface area contributed by atoms with Gasteiger partial charge in [0.05, 0.1) is 6.10 Å². The molecule has 0 radical (unpaired) electrons. The number of carboxylic acid groups (broad SMARTS) is 1. The summed E-state index contributed by atoms with van der Waals surface area (Å²) in [4.78, 5) is 10.9. The van der Waals surface area contributed by atoms with Gasteiger partial charge in [-0.25, -0.2) is 0 Å². The van der Waals surface area contributed by atoms with Crippen LogP contribution in [0.15, 0.2) is 0 Å². The maximum absolute atomic E-state index is 10.9. The van der Waals surface area contributed by atoms with Crippen LogP contribution in [0, 0.1) is 0 Å². The van der Waals surface area contributed by atoms with Crippen molar-refractivity contribution in [1.82, 2.24) is 5.32 Å². The molecular weight excluding hydrogens is 206 g/mol. The van der Waals surface area contributed by atoms with Crippen LogP contribution >= 0.6 is 0 Å². The van der Waals surface area contributed by atoms with Gasteiger partial charge in [0.25, 0.3) is 0 Å². The van der Waals surface area contributed by atoms with Gasteiger partial charge in [-0.3, -0.25) is 4.79 Å². The Morgan fingerprint density at radius 3 is 2.69 bits per heavy atom. The summed E-state index contributed by atoms with van der Waals surface area (Å²) >= 11 is 0. The Hall–Kier alpha value is -0.610. The molecule has 1 rings (SSSR count). The minimum absolute atomic E-state index is 0.236. The summed E-state index contributed by atoms with van der Waals surface area (Å²) in [5.41, 5.74) is 0. The van der Waals surface area contributed by atoms with Crippen molar-refractivity contribution < 1.29 is 14.6 Å². The van der Waals surface area contributed by atoms with E-state index < -0.39 is 12.0 Å². The summed E-state index contributed by atoms with van der Waals surface area (Å²) in [7, 11) is 0. The van der Waals surface area contributed by atoms with E-state index in [1.165, 1.54) is 0 Å². The zero-order valence-corrected chi connectivity index (χ0v) is 10.2. The molecule has 1 saturated carbocycles. The average molecular weight is 229 g/mol. The summed E-state index contributed by atoms with van der Waals surface area (Å²) in [6.07, 6.45) is 5.14. The highest BCUT2D eigenvalue weighted by Crippen LogP contribution is 2.20. The van der Waals surface area contributed by atoms with Crippen LogP contribution in [-0.4, -0.2) is 35.9 Å². The molecule has 0 spiro atoms. The highest BCUT2D eigenvalue weighted by Gasteiger charge is 2.27. The van der Waals surface area contributed by atoms with E-state index >= 15 is 0 Å². The number of hydrogen-bond acceptors (Lipinski definition) is 3. The second-order valence-electron chi connectivity index (χ2n) is 4.59. The van der Waals surface area contributed by atoms with Crippen molar-refractivity contribution in [3.05, 3.63) is 0 Å². The van der Waals surface area contributed by atoms with Gasteiger partial charge in [-0.2, -0.15) is 0 Å². The topological polar surface area (TPSA) is 58.6 Å². The summed E-state index contributed by atoms with van der Waals surface area (Å²) in [6.45, 7) is 4.68. The molecule has 16 heavy (non-hydrogen) atoms. The number of carbonyl (C=O) groups is 1. The molecule has 0 aromatic rings. The number of nitrogens with one attached hydrogen (secondary N) is 1. The van der Waals surface area contributed by atoms with Gasteiger partial charge in [-0.05, 0) is 32.6 Å². The Morgan fingerprint density at radius 1 is 1.50 bits per heavy atom. The summed E-state index contributed by atoms with van der Waals surface area (Å²) in [6, 6.07) is -0.0181. The van der Waals surface area contributed by atoms with E-state index in [9.17, 15) is 4.79 Å². The molecule has 0 amide bonds.